The molecule has 7 nitrogen and oxygen atoms in total. The third-order valence-electron chi connectivity index (χ3n) is 5.50. The molecule has 1 saturated heterocycles. The number of piperidine rings is 1. The molecular weight excluding hydrogens is 464 g/mol. The first-order chi connectivity index (χ1) is 15.3. The molecule has 10 heteroatoms. The van der Waals surface area contributed by atoms with Crippen LogP contribution in [0.5, 0.6) is 0 Å². The fourth-order valence-electron chi connectivity index (χ4n) is 3.76. The first-order valence-electron chi connectivity index (χ1n) is 10.1. The fourth-order valence-corrected chi connectivity index (χ4v) is 6.87. The number of hydrogen-bond acceptors (Lipinski definition) is 7. The highest BCUT2D eigenvalue weighted by Crippen LogP contribution is 2.33. The molecule has 0 aliphatic carbocycles. The van der Waals surface area contributed by atoms with Gasteiger partial charge in [0.1, 0.15) is 0 Å². The summed E-state index contributed by atoms with van der Waals surface area (Å²) in [5.74, 6) is -0.389. The zero-order valence-electron chi connectivity index (χ0n) is 17.7. The maximum atomic E-state index is 12.9. The van der Waals surface area contributed by atoms with Gasteiger partial charge in [-0.15, -0.1) is 22.7 Å². The third kappa shape index (κ3) is 4.61. The van der Waals surface area contributed by atoms with Gasteiger partial charge in [0.05, 0.1) is 22.2 Å². The SMILES string of the molecule is Cc1cc(-c2csc(NC(=O)C3CCN(S(=O)(=O)c4ccc(C#N)cc4)CC3)n2)c(C)s1. The highest BCUT2D eigenvalue weighted by atomic mass is 32.2. The smallest absolute Gasteiger partial charge is 0.243 e. The van der Waals surface area contributed by atoms with E-state index in [0.717, 1.165) is 11.3 Å². The molecule has 0 atom stereocenters. The molecule has 1 aliphatic heterocycles. The summed E-state index contributed by atoms with van der Waals surface area (Å²) in [6, 6.07) is 9.97. The number of hydrogen-bond donors (Lipinski definition) is 1. The molecule has 0 radical (unpaired) electrons. The number of rotatable bonds is 5. The van der Waals surface area contributed by atoms with Crippen LogP contribution < -0.4 is 5.32 Å². The number of thiophene rings is 1. The number of nitriles is 1. The van der Waals surface area contributed by atoms with Gasteiger partial charge in [-0.1, -0.05) is 0 Å². The lowest BCUT2D eigenvalue weighted by atomic mass is 9.97. The lowest BCUT2D eigenvalue weighted by molar-refractivity contribution is -0.120. The maximum Gasteiger partial charge on any atom is 0.243 e. The molecule has 166 valence electrons. The highest BCUT2D eigenvalue weighted by molar-refractivity contribution is 7.89. The number of sulfonamides is 1. The molecule has 0 bridgehead atoms. The summed E-state index contributed by atoms with van der Waals surface area (Å²) in [5.41, 5.74) is 2.36. The van der Waals surface area contributed by atoms with E-state index in [4.69, 9.17) is 5.26 Å². The first-order valence-corrected chi connectivity index (χ1v) is 13.3. The second kappa shape index (κ2) is 9.11. The molecule has 1 aromatic carbocycles. The van der Waals surface area contributed by atoms with Crippen LogP contribution in [0.1, 0.15) is 28.2 Å². The van der Waals surface area contributed by atoms with Gasteiger partial charge in [-0.05, 0) is 57.0 Å². The average molecular weight is 487 g/mol. The Hall–Kier alpha value is -2.58. The van der Waals surface area contributed by atoms with E-state index in [-0.39, 0.29) is 29.8 Å². The van der Waals surface area contributed by atoms with Gasteiger partial charge >= 0.3 is 0 Å². The quantitative estimate of drug-likeness (QED) is 0.576. The van der Waals surface area contributed by atoms with Gasteiger partial charge in [-0.25, -0.2) is 13.4 Å². The minimum Gasteiger partial charge on any atom is -0.302 e. The highest BCUT2D eigenvalue weighted by Gasteiger charge is 2.32. The van der Waals surface area contributed by atoms with Crippen molar-refractivity contribution in [2.45, 2.75) is 31.6 Å². The van der Waals surface area contributed by atoms with Gasteiger partial charge in [0.15, 0.2) is 5.13 Å². The number of aryl methyl sites for hydroxylation is 2. The number of nitrogens with zero attached hydrogens (tertiary/aromatic N) is 3. The van der Waals surface area contributed by atoms with Crippen molar-refractivity contribution in [3.8, 4) is 17.3 Å². The van der Waals surface area contributed by atoms with E-state index in [9.17, 15) is 13.2 Å². The van der Waals surface area contributed by atoms with Crippen molar-refractivity contribution in [1.29, 1.82) is 5.26 Å². The average Bonchev–Trinajstić information content (AvgIpc) is 3.39. The number of carbonyl (C=O) groups is 1. The van der Waals surface area contributed by atoms with E-state index in [0.29, 0.717) is 23.5 Å². The Bertz CT molecular complexity index is 1280. The Morgan fingerprint density at radius 1 is 1.22 bits per heavy atom. The Balaban J connectivity index is 1.36. The number of carbonyl (C=O) groups excluding carboxylic acids is 1. The van der Waals surface area contributed by atoms with Crippen LogP contribution in [0, 0.1) is 31.1 Å². The number of thiazole rings is 1. The molecule has 3 heterocycles. The third-order valence-corrected chi connectivity index (χ3v) is 9.13. The minimum absolute atomic E-state index is 0.125. The summed E-state index contributed by atoms with van der Waals surface area (Å²) in [7, 11) is -3.64. The Labute approximate surface area is 195 Å². The lowest BCUT2D eigenvalue weighted by Crippen LogP contribution is -2.41. The molecule has 0 saturated carbocycles. The van der Waals surface area contributed by atoms with Crippen molar-refractivity contribution >= 4 is 43.7 Å². The van der Waals surface area contributed by atoms with Gasteiger partial charge < -0.3 is 5.32 Å². The molecule has 0 spiro atoms. The largest absolute Gasteiger partial charge is 0.302 e. The number of aromatic nitrogens is 1. The summed E-state index contributed by atoms with van der Waals surface area (Å²) in [6.45, 7) is 4.67. The zero-order chi connectivity index (χ0) is 22.9. The molecule has 3 aromatic rings. The van der Waals surface area contributed by atoms with Gasteiger partial charge in [-0.3, -0.25) is 4.79 Å². The summed E-state index contributed by atoms with van der Waals surface area (Å²) in [6.07, 6.45) is 0.894. The van der Waals surface area contributed by atoms with Crippen LogP contribution in [0.15, 0.2) is 40.6 Å². The number of benzene rings is 1. The van der Waals surface area contributed by atoms with E-state index in [2.05, 4.69) is 30.2 Å². The predicted molar refractivity (Wildman–Crippen MR) is 126 cm³/mol. The second-order valence-electron chi connectivity index (χ2n) is 7.67. The first kappa shape index (κ1) is 22.6. The molecular formula is C22H22N4O3S3. The van der Waals surface area contributed by atoms with E-state index >= 15 is 0 Å². The maximum absolute atomic E-state index is 12.9. The minimum atomic E-state index is -3.64. The molecule has 1 amide bonds. The van der Waals surface area contributed by atoms with E-state index in [1.807, 2.05) is 11.4 Å². The van der Waals surface area contributed by atoms with Crippen molar-refractivity contribution in [3.63, 3.8) is 0 Å². The van der Waals surface area contributed by atoms with E-state index in [1.54, 1.807) is 11.3 Å². The Morgan fingerprint density at radius 2 is 1.91 bits per heavy atom. The van der Waals surface area contributed by atoms with Gasteiger partial charge in [-0.2, -0.15) is 9.57 Å². The van der Waals surface area contributed by atoms with Crippen LogP contribution in [0.4, 0.5) is 5.13 Å². The lowest BCUT2D eigenvalue weighted by Gasteiger charge is -2.30. The van der Waals surface area contributed by atoms with Crippen molar-refractivity contribution in [2.24, 2.45) is 5.92 Å². The number of amides is 1. The molecule has 0 unspecified atom stereocenters. The van der Waals surface area contributed by atoms with Crippen LogP contribution in [0.2, 0.25) is 0 Å². The van der Waals surface area contributed by atoms with Crippen LogP contribution in [0.3, 0.4) is 0 Å². The molecule has 2 aromatic heterocycles. The fraction of sp³-hybridized carbons (Fsp3) is 0.318. The van der Waals surface area contributed by atoms with E-state index in [1.165, 1.54) is 49.7 Å². The van der Waals surface area contributed by atoms with Gasteiger partial charge in [0.2, 0.25) is 15.9 Å². The van der Waals surface area contributed by atoms with Gasteiger partial charge in [0.25, 0.3) is 0 Å². The Morgan fingerprint density at radius 3 is 2.50 bits per heavy atom. The van der Waals surface area contributed by atoms with Crippen molar-refractivity contribution in [2.75, 3.05) is 18.4 Å². The summed E-state index contributed by atoms with van der Waals surface area (Å²) in [4.78, 5) is 19.9. The van der Waals surface area contributed by atoms with Crippen molar-refractivity contribution in [1.82, 2.24) is 9.29 Å². The normalized spacial score (nSPS) is 15.4. The van der Waals surface area contributed by atoms with Gasteiger partial charge in [0, 0.05) is 39.7 Å². The van der Waals surface area contributed by atoms with Crippen LogP contribution in [-0.2, 0) is 14.8 Å². The van der Waals surface area contributed by atoms with Crippen molar-refractivity contribution in [3.05, 3.63) is 51.0 Å². The Kier molecular flexibility index (Phi) is 6.44. The van der Waals surface area contributed by atoms with Crippen LogP contribution in [-0.4, -0.2) is 36.7 Å². The summed E-state index contributed by atoms with van der Waals surface area (Å²) < 4.78 is 27.1. The zero-order valence-corrected chi connectivity index (χ0v) is 20.1. The van der Waals surface area contributed by atoms with E-state index < -0.39 is 10.0 Å². The predicted octanol–water partition coefficient (Wildman–Crippen LogP) is 4.40. The van der Waals surface area contributed by atoms with Crippen LogP contribution in [0.25, 0.3) is 11.3 Å². The second-order valence-corrected chi connectivity index (χ2v) is 11.9. The molecule has 1 aliphatic rings. The van der Waals surface area contributed by atoms with Crippen molar-refractivity contribution < 1.29 is 13.2 Å². The molecule has 4 rings (SSSR count). The summed E-state index contributed by atoms with van der Waals surface area (Å²) >= 11 is 3.11. The number of nitrogens with one attached hydrogen (secondary N) is 1. The summed E-state index contributed by atoms with van der Waals surface area (Å²) in [5, 5.41) is 14.3. The van der Waals surface area contributed by atoms with Crippen LogP contribution >= 0.6 is 22.7 Å². The monoisotopic (exact) mass is 486 g/mol. The standard InChI is InChI=1S/C22H22N4O3S3/c1-14-11-19(15(2)31-14)20-13-30-22(24-20)25-21(27)17-7-9-26(10-8-17)32(28,29)18-5-3-16(12-23)4-6-18/h3-6,11,13,17H,7-10H2,1-2H3,(H,24,25,27). The molecule has 1 fully saturated rings. The topological polar surface area (TPSA) is 103 Å². The number of anilines is 1. The molecule has 1 N–H and O–H groups in total. The molecule has 32 heavy (non-hydrogen) atoms.